The van der Waals surface area contributed by atoms with E-state index in [1.807, 2.05) is 13.8 Å². The van der Waals surface area contributed by atoms with E-state index >= 15 is 0 Å². The van der Waals surface area contributed by atoms with E-state index in [0.717, 1.165) is 6.92 Å². The lowest BCUT2D eigenvalue weighted by Crippen LogP contribution is -2.82. The second-order valence-corrected chi connectivity index (χ2v) is 18.7. The van der Waals surface area contributed by atoms with Gasteiger partial charge in [0.05, 0.1) is 30.2 Å². The molecule has 59 heavy (non-hydrogen) atoms. The van der Waals surface area contributed by atoms with Crippen LogP contribution in [0.5, 0.6) is 0 Å². The molecule has 1 amide bonds. The number of carbonyl (C=O) groups excluding carboxylic acids is 5. The number of amides is 1. The van der Waals surface area contributed by atoms with Crippen molar-refractivity contribution in [2.24, 2.45) is 22.7 Å². The highest BCUT2D eigenvalue weighted by atomic mass is 16.6. The Hall–Kier alpha value is -4.09. The highest BCUT2D eigenvalue weighted by molar-refractivity contribution is 5.89. The molecule has 4 aliphatic rings. The van der Waals surface area contributed by atoms with Gasteiger partial charge in [-0.1, -0.05) is 52.8 Å². The predicted octanol–water partition coefficient (Wildman–Crippen LogP) is 3.30. The smallest absolute Gasteiger partial charge is 0.407 e. The Balaban J connectivity index is 1.72. The first-order valence-corrected chi connectivity index (χ1v) is 20.1. The van der Waals surface area contributed by atoms with Crippen LogP contribution in [0.1, 0.15) is 106 Å². The van der Waals surface area contributed by atoms with E-state index in [9.17, 15) is 44.4 Å². The number of rotatable bonds is 10. The molecule has 0 radical (unpaired) electrons. The molecule has 2 bridgehead atoms. The molecule has 5 rings (SSSR count). The molecule has 1 aliphatic heterocycles. The van der Waals surface area contributed by atoms with E-state index in [0.29, 0.717) is 0 Å². The Kier molecular flexibility index (Phi) is 12.8. The summed E-state index contributed by atoms with van der Waals surface area (Å²) < 4.78 is 35.7. The summed E-state index contributed by atoms with van der Waals surface area (Å²) in [5.41, 5.74) is -7.90. The minimum absolute atomic E-state index is 0.0952. The van der Waals surface area contributed by atoms with Crippen molar-refractivity contribution < 1.29 is 72.8 Å². The van der Waals surface area contributed by atoms with Crippen LogP contribution in [-0.2, 0) is 42.8 Å². The highest BCUT2D eigenvalue weighted by Gasteiger charge is 2.78. The van der Waals surface area contributed by atoms with E-state index in [1.165, 1.54) is 26.0 Å². The number of benzene rings is 1. The van der Waals surface area contributed by atoms with Gasteiger partial charge in [-0.05, 0) is 63.3 Å². The molecule has 1 saturated heterocycles. The minimum atomic E-state index is -2.33. The average Bonchev–Trinajstić information content (AvgIpc) is 3.11. The maximum absolute atomic E-state index is 14.2. The van der Waals surface area contributed by atoms with Gasteiger partial charge < -0.3 is 54.2 Å². The van der Waals surface area contributed by atoms with Gasteiger partial charge in [0, 0.05) is 37.5 Å². The highest BCUT2D eigenvalue weighted by Crippen LogP contribution is 2.65. The van der Waals surface area contributed by atoms with Crippen molar-refractivity contribution in [2.75, 3.05) is 6.61 Å². The van der Waals surface area contributed by atoms with Gasteiger partial charge in [0.2, 0.25) is 0 Å². The van der Waals surface area contributed by atoms with Crippen LogP contribution >= 0.6 is 0 Å². The van der Waals surface area contributed by atoms with Crippen LogP contribution in [0.3, 0.4) is 0 Å². The third-order valence-corrected chi connectivity index (χ3v) is 12.7. The van der Waals surface area contributed by atoms with Crippen LogP contribution < -0.4 is 5.32 Å². The third kappa shape index (κ3) is 8.35. The first-order valence-electron chi connectivity index (χ1n) is 20.1. The minimum Gasteiger partial charge on any atom is -0.456 e. The zero-order chi connectivity index (χ0) is 44.2. The van der Waals surface area contributed by atoms with Crippen molar-refractivity contribution in [1.29, 1.82) is 0 Å². The van der Waals surface area contributed by atoms with Gasteiger partial charge in [0.25, 0.3) is 0 Å². The molecule has 16 heteroatoms. The number of carbonyl (C=O) groups is 5. The first kappa shape index (κ1) is 46.0. The summed E-state index contributed by atoms with van der Waals surface area (Å²) >= 11 is 0. The van der Waals surface area contributed by atoms with E-state index in [2.05, 4.69) is 5.32 Å². The molecule has 1 aromatic carbocycles. The molecule has 328 valence electrons. The van der Waals surface area contributed by atoms with Crippen LogP contribution in [0.25, 0.3) is 0 Å². The number of fused-ring (bicyclic) bond motifs is 5. The number of nitrogens with one attached hydrogen (secondary N) is 1. The van der Waals surface area contributed by atoms with Crippen LogP contribution in [0.4, 0.5) is 4.79 Å². The monoisotopic (exact) mass is 831 g/mol. The zero-order valence-corrected chi connectivity index (χ0v) is 35.8. The Morgan fingerprint density at radius 2 is 1.59 bits per heavy atom. The lowest BCUT2D eigenvalue weighted by molar-refractivity contribution is -0.365. The number of ether oxygens (including phenoxy) is 6. The Bertz CT molecular complexity index is 1820. The van der Waals surface area contributed by atoms with Crippen molar-refractivity contribution >= 4 is 30.0 Å². The molecule has 3 fully saturated rings. The Morgan fingerprint density at radius 1 is 0.966 bits per heavy atom. The van der Waals surface area contributed by atoms with E-state index in [4.69, 9.17) is 28.4 Å². The molecule has 3 aliphatic carbocycles. The second-order valence-electron chi connectivity index (χ2n) is 18.7. The largest absolute Gasteiger partial charge is 0.456 e. The Labute approximate surface area is 344 Å². The molecule has 16 nitrogen and oxygen atoms in total. The topological polar surface area (TPSA) is 234 Å². The van der Waals surface area contributed by atoms with Crippen molar-refractivity contribution in [3.63, 3.8) is 0 Å². The standard InChI is InChI=1S/C43H61NO15/c1-21(2)17-26(44-38(52)59-39(6,7)8)31(48)37(51)56-27-19-43(53)35(57-36(50)25-15-13-12-14-16-25)33-41(11,28(47)18-29-42(33,20-54-29)58-24(5)46)34(49)32(55-23(4)45)30(22(27)3)40(43,9)10/h12-16,21,26-29,31-35,47-49,53H,17-20H2,1-11H3,(H,44,52)/t26-,27-,28-,29+,31-,32-,33-,34-,35-,41+,42-,43+/m0/s1. The van der Waals surface area contributed by atoms with Crippen LogP contribution in [0, 0.1) is 22.7 Å². The maximum atomic E-state index is 14.2. The van der Waals surface area contributed by atoms with E-state index in [1.54, 1.807) is 59.7 Å². The van der Waals surface area contributed by atoms with Crippen LogP contribution in [0.15, 0.2) is 41.5 Å². The summed E-state index contributed by atoms with van der Waals surface area (Å²) in [5, 5.41) is 52.5. The summed E-state index contributed by atoms with van der Waals surface area (Å²) in [6.45, 7) is 16.9. The fraction of sp³-hybridized carbons (Fsp3) is 0.698. The van der Waals surface area contributed by atoms with Gasteiger partial charge in [0.1, 0.15) is 35.6 Å². The normalized spacial score (nSPS) is 34.6. The summed E-state index contributed by atoms with van der Waals surface area (Å²) in [7, 11) is 0. The fourth-order valence-electron chi connectivity index (χ4n) is 9.87. The molecule has 0 aromatic heterocycles. The van der Waals surface area contributed by atoms with Gasteiger partial charge in [-0.2, -0.15) is 0 Å². The van der Waals surface area contributed by atoms with Crippen molar-refractivity contribution in [1.82, 2.24) is 5.32 Å². The van der Waals surface area contributed by atoms with Gasteiger partial charge in [0.15, 0.2) is 17.8 Å². The van der Waals surface area contributed by atoms with Gasteiger partial charge in [-0.3, -0.25) is 9.59 Å². The number of hydrogen-bond donors (Lipinski definition) is 5. The molecule has 0 unspecified atom stereocenters. The molecular weight excluding hydrogens is 770 g/mol. The summed E-state index contributed by atoms with van der Waals surface area (Å²) in [6.07, 6.45) is -12.3. The van der Waals surface area contributed by atoms with Crippen LogP contribution in [0.2, 0.25) is 0 Å². The van der Waals surface area contributed by atoms with E-state index < -0.39 is 119 Å². The van der Waals surface area contributed by atoms with Gasteiger partial charge >= 0.3 is 30.0 Å². The number of aliphatic hydroxyl groups is 4. The van der Waals surface area contributed by atoms with E-state index in [-0.39, 0.29) is 42.1 Å². The van der Waals surface area contributed by atoms with Crippen molar-refractivity contribution in [2.45, 2.75) is 161 Å². The first-order chi connectivity index (χ1) is 27.2. The maximum Gasteiger partial charge on any atom is 0.407 e. The summed E-state index contributed by atoms with van der Waals surface area (Å²) in [6, 6.07) is 6.75. The van der Waals surface area contributed by atoms with Gasteiger partial charge in [-0.15, -0.1) is 0 Å². The number of aliphatic hydroxyl groups excluding tert-OH is 3. The SMILES string of the molecule is CC(=O)O[C@H]1C2=C(C)[C@@H](OC(=O)[C@@H](O)[C@H](CC(C)C)NC(=O)OC(C)(C)C)C[C@@](O)([C@@H](OC(=O)c3ccccc3)[C@@H]3[C@]4(OC(C)=O)CO[C@@H]4C[C@H](O)[C@@]3(C)[C@H]1O)C2(C)C. The second kappa shape index (κ2) is 16.4. The number of hydrogen-bond acceptors (Lipinski definition) is 15. The molecule has 1 aromatic rings. The predicted molar refractivity (Wildman–Crippen MR) is 208 cm³/mol. The lowest BCUT2D eigenvalue weighted by atomic mass is 9.44. The molecule has 1 heterocycles. The average molecular weight is 832 g/mol. The van der Waals surface area contributed by atoms with Crippen molar-refractivity contribution in [3.8, 4) is 0 Å². The number of alkyl carbamates (subject to hydrolysis) is 1. The molecule has 5 N–H and O–H groups in total. The Morgan fingerprint density at radius 3 is 2.12 bits per heavy atom. The van der Waals surface area contributed by atoms with Crippen molar-refractivity contribution in [3.05, 3.63) is 47.0 Å². The molecule has 2 saturated carbocycles. The molecular formula is C43H61NO15. The van der Waals surface area contributed by atoms with Crippen LogP contribution in [-0.4, -0.2) is 123 Å². The molecule has 0 spiro atoms. The fourth-order valence-corrected chi connectivity index (χ4v) is 9.87. The number of esters is 4. The summed E-state index contributed by atoms with van der Waals surface area (Å²) in [5.74, 6) is -5.21. The van der Waals surface area contributed by atoms with Gasteiger partial charge in [-0.25, -0.2) is 14.4 Å². The molecule has 12 atom stereocenters. The zero-order valence-electron chi connectivity index (χ0n) is 35.8. The third-order valence-electron chi connectivity index (χ3n) is 12.7. The quantitative estimate of drug-likeness (QED) is 0.129. The summed E-state index contributed by atoms with van der Waals surface area (Å²) in [4.78, 5) is 67.0. The lowest BCUT2D eigenvalue weighted by Gasteiger charge is -2.69.